The summed E-state index contributed by atoms with van der Waals surface area (Å²) in [6, 6.07) is 7.57. The molecular weight excluding hydrogens is 513 g/mol. The van der Waals surface area contributed by atoms with Crippen molar-refractivity contribution in [3.63, 3.8) is 0 Å². The van der Waals surface area contributed by atoms with Crippen molar-refractivity contribution in [3.05, 3.63) is 59.2 Å². The number of likely N-dealkylation sites (N-methyl/N-ethyl adjacent to an activating group) is 1. The van der Waals surface area contributed by atoms with Gasteiger partial charge in [-0.15, -0.1) is 0 Å². The van der Waals surface area contributed by atoms with Crippen molar-refractivity contribution in [1.29, 1.82) is 5.26 Å². The van der Waals surface area contributed by atoms with Crippen molar-refractivity contribution < 1.29 is 27.6 Å². The highest BCUT2D eigenvalue weighted by molar-refractivity contribution is 6.07. The maximum absolute atomic E-state index is 14.2. The number of nitrogens with one attached hydrogen (secondary N) is 2. The number of aromatic amines is 1. The van der Waals surface area contributed by atoms with Gasteiger partial charge in [0, 0.05) is 31.8 Å². The minimum Gasteiger partial charge on any atom is -0.331 e. The van der Waals surface area contributed by atoms with Gasteiger partial charge >= 0.3 is 0 Å². The second-order valence-electron chi connectivity index (χ2n) is 10.4. The number of likely N-dealkylation sites (tertiary alicyclic amines) is 1. The first-order valence-electron chi connectivity index (χ1n) is 12.4. The lowest BCUT2D eigenvalue weighted by Crippen LogP contribution is -2.52. The van der Waals surface area contributed by atoms with Gasteiger partial charge in [0.1, 0.15) is 23.1 Å². The smallest absolute Gasteiger partial charge is 0.290 e. The quantitative estimate of drug-likeness (QED) is 0.482. The van der Waals surface area contributed by atoms with Crippen molar-refractivity contribution in [2.45, 2.75) is 44.2 Å². The lowest BCUT2D eigenvalue weighted by molar-refractivity contribution is -0.136. The topological polar surface area (TPSA) is 122 Å². The zero-order valence-corrected chi connectivity index (χ0v) is 21.4. The number of hydrogen-bond donors (Lipinski definition) is 2. The number of para-hydroxylation sites is 1. The molecular formula is C27H25F3N6O3. The number of H-pyrrole nitrogens is 1. The van der Waals surface area contributed by atoms with Crippen LogP contribution < -0.4 is 5.32 Å². The van der Waals surface area contributed by atoms with E-state index in [-0.39, 0.29) is 31.2 Å². The van der Waals surface area contributed by atoms with Gasteiger partial charge in [0.05, 0.1) is 11.5 Å². The van der Waals surface area contributed by atoms with Gasteiger partial charge in [-0.3, -0.25) is 14.4 Å². The fourth-order valence-corrected chi connectivity index (χ4v) is 5.53. The average molecular weight is 539 g/mol. The number of hydrogen-bond acceptors (Lipinski definition) is 5. The van der Waals surface area contributed by atoms with E-state index in [0.29, 0.717) is 17.3 Å². The number of halogens is 3. The van der Waals surface area contributed by atoms with Gasteiger partial charge in [-0.05, 0) is 24.0 Å². The zero-order chi connectivity index (χ0) is 28.2. The van der Waals surface area contributed by atoms with Gasteiger partial charge in [0.2, 0.25) is 11.8 Å². The molecule has 1 aromatic heterocycles. The van der Waals surface area contributed by atoms with Gasteiger partial charge in [-0.1, -0.05) is 32.0 Å². The van der Waals surface area contributed by atoms with Crippen LogP contribution in [0.4, 0.5) is 18.9 Å². The number of amides is 3. The summed E-state index contributed by atoms with van der Waals surface area (Å²) in [5.41, 5.74) is -0.924. The largest absolute Gasteiger partial charge is 0.331 e. The van der Waals surface area contributed by atoms with E-state index >= 15 is 0 Å². The number of aromatic nitrogens is 2. The van der Waals surface area contributed by atoms with Crippen LogP contribution in [0.25, 0.3) is 11.0 Å². The summed E-state index contributed by atoms with van der Waals surface area (Å²) >= 11 is 0. The number of carbonyl (C=O) groups is 3. The third kappa shape index (κ3) is 4.09. The average Bonchev–Trinajstić information content (AvgIpc) is 3.60. The van der Waals surface area contributed by atoms with E-state index in [1.807, 2.05) is 13.8 Å². The highest BCUT2D eigenvalue weighted by atomic mass is 19.2. The molecule has 1 spiro atoms. The Labute approximate surface area is 221 Å². The molecule has 0 aliphatic carbocycles. The fraction of sp³-hybridized carbons (Fsp3) is 0.370. The Morgan fingerprint density at radius 3 is 2.67 bits per heavy atom. The molecule has 5 rings (SSSR count). The molecule has 3 amide bonds. The summed E-state index contributed by atoms with van der Waals surface area (Å²) in [4.78, 5) is 49.0. The molecule has 2 aliphatic heterocycles. The fourth-order valence-electron chi connectivity index (χ4n) is 5.53. The number of carbonyl (C=O) groups excluding carboxylic acids is 3. The zero-order valence-electron chi connectivity index (χ0n) is 21.4. The lowest BCUT2D eigenvalue weighted by Gasteiger charge is -2.33. The molecule has 202 valence electrons. The minimum absolute atomic E-state index is 0.0517. The summed E-state index contributed by atoms with van der Waals surface area (Å²) in [7, 11) is 1.35. The van der Waals surface area contributed by atoms with E-state index in [1.54, 1.807) is 24.3 Å². The Balaban J connectivity index is 1.48. The van der Waals surface area contributed by atoms with Crippen molar-refractivity contribution in [2.75, 3.05) is 18.9 Å². The maximum Gasteiger partial charge on any atom is 0.290 e. The monoisotopic (exact) mass is 538 g/mol. The molecule has 0 radical (unpaired) electrons. The molecule has 3 aromatic rings. The number of anilines is 1. The van der Waals surface area contributed by atoms with E-state index in [9.17, 15) is 32.8 Å². The summed E-state index contributed by atoms with van der Waals surface area (Å²) < 4.78 is 42.1. The predicted molar refractivity (Wildman–Crippen MR) is 134 cm³/mol. The van der Waals surface area contributed by atoms with Crippen LogP contribution in [0.1, 0.15) is 42.9 Å². The predicted octanol–water partition coefficient (Wildman–Crippen LogP) is 3.48. The highest BCUT2D eigenvalue weighted by Gasteiger charge is 2.56. The van der Waals surface area contributed by atoms with Crippen LogP contribution in [0.5, 0.6) is 0 Å². The Morgan fingerprint density at radius 1 is 1.26 bits per heavy atom. The molecule has 12 heteroatoms. The summed E-state index contributed by atoms with van der Waals surface area (Å²) in [6.45, 7) is 3.65. The molecule has 9 nitrogen and oxygen atoms in total. The molecule has 3 heterocycles. The molecule has 1 saturated heterocycles. The lowest BCUT2D eigenvalue weighted by atomic mass is 9.80. The maximum atomic E-state index is 14.2. The summed E-state index contributed by atoms with van der Waals surface area (Å²) in [5.74, 6) is -6.21. The van der Waals surface area contributed by atoms with Crippen LogP contribution in [-0.4, -0.2) is 63.2 Å². The molecule has 0 saturated carbocycles. The van der Waals surface area contributed by atoms with E-state index in [0.717, 1.165) is 4.90 Å². The second kappa shape index (κ2) is 9.41. The molecule has 39 heavy (non-hydrogen) atoms. The molecule has 3 atom stereocenters. The van der Waals surface area contributed by atoms with Crippen molar-refractivity contribution >= 4 is 34.4 Å². The van der Waals surface area contributed by atoms with Crippen LogP contribution in [0.3, 0.4) is 0 Å². The number of benzene rings is 2. The van der Waals surface area contributed by atoms with E-state index in [1.165, 1.54) is 11.9 Å². The van der Waals surface area contributed by atoms with E-state index < -0.39 is 63.6 Å². The first-order valence-corrected chi connectivity index (χ1v) is 12.4. The van der Waals surface area contributed by atoms with Gasteiger partial charge in [-0.2, -0.15) is 5.26 Å². The number of nitrogens with zero attached hydrogens (tertiary/aromatic N) is 4. The van der Waals surface area contributed by atoms with Gasteiger partial charge in [0.15, 0.2) is 23.3 Å². The Hall–Kier alpha value is -4.40. The molecule has 2 aliphatic rings. The number of fused-ring (bicyclic) bond motifs is 3. The van der Waals surface area contributed by atoms with Crippen LogP contribution in [0.15, 0.2) is 30.3 Å². The van der Waals surface area contributed by atoms with Gasteiger partial charge < -0.3 is 20.1 Å². The van der Waals surface area contributed by atoms with E-state index in [2.05, 4.69) is 21.4 Å². The molecule has 0 unspecified atom stereocenters. The number of rotatable bonds is 5. The first kappa shape index (κ1) is 26.2. The standard InChI is InChI=1S/C27H25F3N6O3/c1-13(2)8-19(35(3)25(38)23-33-21-17(29)9-16(28)20(30)22(21)34-23)24(37)36-12-27(10-14(36)11-31)15-6-4-5-7-18(15)32-26(27)39/h4-7,9,13-14,19H,8,10,12H2,1-3H3,(H,32,39)(H,33,34)/t14-,19-,27-/m0/s1. The molecule has 2 N–H and O–H groups in total. The minimum atomic E-state index is -1.44. The highest BCUT2D eigenvalue weighted by Crippen LogP contribution is 2.46. The Kier molecular flexibility index (Phi) is 6.33. The molecule has 2 aromatic carbocycles. The molecule has 0 bridgehead atoms. The van der Waals surface area contributed by atoms with Crippen molar-refractivity contribution in [3.8, 4) is 6.07 Å². The summed E-state index contributed by atoms with van der Waals surface area (Å²) in [6.07, 6.45) is 0.293. The van der Waals surface area contributed by atoms with Crippen LogP contribution in [0, 0.1) is 34.7 Å². The van der Waals surface area contributed by atoms with Crippen molar-refractivity contribution in [2.24, 2.45) is 5.92 Å². The second-order valence-corrected chi connectivity index (χ2v) is 10.4. The van der Waals surface area contributed by atoms with Crippen molar-refractivity contribution in [1.82, 2.24) is 19.8 Å². The Bertz CT molecular complexity index is 1560. The summed E-state index contributed by atoms with van der Waals surface area (Å²) in [5, 5.41) is 12.8. The van der Waals surface area contributed by atoms with E-state index in [4.69, 9.17) is 0 Å². The first-order chi connectivity index (χ1) is 18.5. The van der Waals surface area contributed by atoms with Crippen LogP contribution >= 0.6 is 0 Å². The SMILES string of the molecule is CC(C)C[C@@H](C(=O)N1C[C@]2(C[C@H]1C#N)C(=O)Nc1ccccc12)N(C)C(=O)c1nc2c(F)cc(F)c(F)c2[nH]1. The normalized spacial score (nSPS) is 20.8. The number of imidazole rings is 1. The van der Waals surface area contributed by atoms with Crippen LogP contribution in [-0.2, 0) is 15.0 Å². The van der Waals surface area contributed by atoms with Crippen LogP contribution in [0.2, 0.25) is 0 Å². The van der Waals surface area contributed by atoms with Gasteiger partial charge in [-0.25, -0.2) is 18.2 Å². The molecule has 1 fully saturated rings. The third-order valence-electron chi connectivity index (χ3n) is 7.50. The number of nitriles is 1. The Morgan fingerprint density at radius 2 is 1.97 bits per heavy atom. The third-order valence-corrected chi connectivity index (χ3v) is 7.50. The van der Waals surface area contributed by atoms with Gasteiger partial charge in [0.25, 0.3) is 5.91 Å².